The predicted octanol–water partition coefficient (Wildman–Crippen LogP) is 3.88. The highest BCUT2D eigenvalue weighted by atomic mass is 35.5. The average Bonchev–Trinajstić information content (AvgIpc) is 2.93. The number of aliphatic imine (C=N–C) groups is 2. The summed E-state index contributed by atoms with van der Waals surface area (Å²) in [4.78, 5) is 26.4. The topological polar surface area (TPSA) is 96.2 Å². The highest BCUT2D eigenvalue weighted by molar-refractivity contribution is 6.32. The summed E-state index contributed by atoms with van der Waals surface area (Å²) in [6.45, 7) is 2.01. The molecule has 8 heteroatoms. The van der Waals surface area contributed by atoms with Gasteiger partial charge in [0.05, 0.1) is 30.7 Å². The lowest BCUT2D eigenvalue weighted by atomic mass is 9.77. The molecular weight excluding hydrogens is 428 g/mol. The molecule has 2 aromatic rings. The van der Waals surface area contributed by atoms with Gasteiger partial charge in [-0.1, -0.05) is 17.7 Å². The van der Waals surface area contributed by atoms with Crippen LogP contribution in [-0.2, 0) is 9.53 Å². The van der Waals surface area contributed by atoms with Gasteiger partial charge >= 0.3 is 5.97 Å². The number of nitrogens with zero attached hydrogens (tertiary/aromatic N) is 3. The summed E-state index contributed by atoms with van der Waals surface area (Å²) in [5, 5.41) is 14.1. The van der Waals surface area contributed by atoms with Gasteiger partial charge in [0, 0.05) is 34.8 Å². The summed E-state index contributed by atoms with van der Waals surface area (Å²) in [5.41, 5.74) is 3.04. The first-order valence-corrected chi connectivity index (χ1v) is 11.2. The van der Waals surface area contributed by atoms with E-state index in [1.807, 2.05) is 43.3 Å². The molecule has 4 rings (SSSR count). The molecule has 2 heterocycles. The van der Waals surface area contributed by atoms with Gasteiger partial charge in [-0.2, -0.15) is 0 Å². The number of benzene rings is 1. The minimum atomic E-state index is -0.406. The summed E-state index contributed by atoms with van der Waals surface area (Å²) in [5.74, 6) is 0.485. The Morgan fingerprint density at radius 3 is 2.84 bits per heavy atom. The SMILES string of the molecule is COC(=O)CC[C@@H]1N=C(c2ccccn2)c2cc(Cl)ccc2NC1=NC(C)C1CCC1O. The van der Waals surface area contributed by atoms with Gasteiger partial charge in [-0.05, 0) is 56.5 Å². The van der Waals surface area contributed by atoms with E-state index >= 15 is 0 Å². The van der Waals surface area contributed by atoms with Crippen LogP contribution in [0.15, 0.2) is 52.6 Å². The lowest BCUT2D eigenvalue weighted by Gasteiger charge is -2.35. The Kier molecular flexibility index (Phi) is 6.86. The van der Waals surface area contributed by atoms with Crippen molar-refractivity contribution in [1.82, 2.24) is 4.98 Å². The number of carbonyl (C=O) groups excluding carboxylic acids is 1. The van der Waals surface area contributed by atoms with Gasteiger partial charge in [0.25, 0.3) is 0 Å². The zero-order valence-electron chi connectivity index (χ0n) is 18.2. The molecule has 7 nitrogen and oxygen atoms in total. The third kappa shape index (κ3) is 4.84. The molecule has 1 saturated carbocycles. The molecule has 0 saturated heterocycles. The number of ether oxygens (including phenoxy) is 1. The monoisotopic (exact) mass is 454 g/mol. The van der Waals surface area contributed by atoms with E-state index in [9.17, 15) is 9.90 Å². The highest BCUT2D eigenvalue weighted by Gasteiger charge is 2.34. The molecule has 3 unspecified atom stereocenters. The van der Waals surface area contributed by atoms with E-state index in [1.165, 1.54) is 7.11 Å². The second-order valence-electron chi connectivity index (χ2n) is 8.20. The van der Waals surface area contributed by atoms with Crippen LogP contribution in [0.2, 0.25) is 5.02 Å². The van der Waals surface area contributed by atoms with Gasteiger partial charge < -0.3 is 15.2 Å². The van der Waals surface area contributed by atoms with Crippen molar-refractivity contribution in [3.63, 3.8) is 0 Å². The summed E-state index contributed by atoms with van der Waals surface area (Å²) < 4.78 is 4.85. The molecule has 1 aliphatic heterocycles. The van der Waals surface area contributed by atoms with Gasteiger partial charge in [-0.3, -0.25) is 19.8 Å². The molecule has 0 radical (unpaired) electrons. The second-order valence-corrected chi connectivity index (χ2v) is 8.64. The van der Waals surface area contributed by atoms with Gasteiger partial charge in [0.2, 0.25) is 0 Å². The fourth-order valence-corrected chi connectivity index (χ4v) is 4.27. The van der Waals surface area contributed by atoms with Crippen molar-refractivity contribution in [1.29, 1.82) is 0 Å². The van der Waals surface area contributed by atoms with Gasteiger partial charge in [0.15, 0.2) is 0 Å². The van der Waals surface area contributed by atoms with E-state index in [4.69, 9.17) is 26.3 Å². The quantitative estimate of drug-likeness (QED) is 0.646. The number of aliphatic hydroxyl groups excluding tert-OH is 1. The van der Waals surface area contributed by atoms with Crippen molar-refractivity contribution in [2.45, 2.75) is 50.8 Å². The number of benzodiazepines with no additional fused rings is 1. The molecule has 1 aliphatic carbocycles. The first-order valence-electron chi connectivity index (χ1n) is 10.8. The number of fused-ring (bicyclic) bond motifs is 1. The van der Waals surface area contributed by atoms with Crippen molar-refractivity contribution in [2.24, 2.45) is 15.9 Å². The molecule has 0 bridgehead atoms. The second kappa shape index (κ2) is 9.79. The summed E-state index contributed by atoms with van der Waals surface area (Å²) in [7, 11) is 1.38. The van der Waals surface area contributed by atoms with Crippen molar-refractivity contribution in [3.05, 3.63) is 58.9 Å². The number of aliphatic hydroxyl groups is 1. The average molecular weight is 455 g/mol. The number of hydrogen-bond acceptors (Lipinski definition) is 6. The van der Waals surface area contributed by atoms with Crippen LogP contribution in [0.5, 0.6) is 0 Å². The number of carbonyl (C=O) groups is 1. The van der Waals surface area contributed by atoms with Crippen LogP contribution in [0.3, 0.4) is 0 Å². The largest absolute Gasteiger partial charge is 0.469 e. The Morgan fingerprint density at radius 2 is 2.19 bits per heavy atom. The fourth-order valence-electron chi connectivity index (χ4n) is 4.10. The molecule has 0 spiro atoms. The maximum atomic E-state index is 11.9. The van der Waals surface area contributed by atoms with Crippen LogP contribution in [0.25, 0.3) is 0 Å². The Bertz CT molecular complexity index is 1040. The van der Waals surface area contributed by atoms with Crippen molar-refractivity contribution in [3.8, 4) is 0 Å². The summed E-state index contributed by atoms with van der Waals surface area (Å²) in [6, 6.07) is 10.7. The number of hydrogen-bond donors (Lipinski definition) is 2. The summed E-state index contributed by atoms with van der Waals surface area (Å²) in [6.07, 6.45) is 3.78. The van der Waals surface area contributed by atoms with Gasteiger partial charge in [-0.25, -0.2) is 0 Å². The van der Waals surface area contributed by atoms with Crippen LogP contribution in [0.1, 0.15) is 43.9 Å². The number of pyridine rings is 1. The predicted molar refractivity (Wildman–Crippen MR) is 126 cm³/mol. The van der Waals surface area contributed by atoms with Gasteiger partial charge in [0.1, 0.15) is 11.9 Å². The smallest absolute Gasteiger partial charge is 0.305 e. The maximum absolute atomic E-state index is 11.9. The number of nitrogens with one attached hydrogen (secondary N) is 1. The number of aromatic nitrogens is 1. The van der Waals surface area contributed by atoms with Crippen LogP contribution >= 0.6 is 11.6 Å². The van der Waals surface area contributed by atoms with Crippen LogP contribution in [0.4, 0.5) is 5.69 Å². The highest BCUT2D eigenvalue weighted by Crippen LogP contribution is 2.33. The van der Waals surface area contributed by atoms with E-state index in [0.29, 0.717) is 28.7 Å². The number of amidine groups is 1. The van der Waals surface area contributed by atoms with Crippen LogP contribution in [-0.4, -0.2) is 52.9 Å². The zero-order chi connectivity index (χ0) is 22.7. The van der Waals surface area contributed by atoms with Crippen LogP contribution < -0.4 is 5.32 Å². The van der Waals surface area contributed by atoms with Crippen LogP contribution in [0, 0.1) is 5.92 Å². The first kappa shape index (κ1) is 22.4. The third-order valence-electron chi connectivity index (χ3n) is 6.11. The Labute approximate surface area is 192 Å². The Morgan fingerprint density at radius 1 is 1.34 bits per heavy atom. The molecule has 1 fully saturated rings. The molecule has 32 heavy (non-hydrogen) atoms. The maximum Gasteiger partial charge on any atom is 0.305 e. The van der Waals surface area contributed by atoms with Crippen molar-refractivity contribution >= 4 is 34.8 Å². The zero-order valence-corrected chi connectivity index (χ0v) is 18.9. The molecule has 4 atom stereocenters. The van der Waals surface area contributed by atoms with E-state index in [-0.39, 0.29) is 30.5 Å². The normalized spacial score (nSPS) is 24.4. The van der Waals surface area contributed by atoms with E-state index in [1.54, 1.807) is 6.20 Å². The van der Waals surface area contributed by atoms with Gasteiger partial charge in [-0.15, -0.1) is 0 Å². The molecule has 1 aromatic heterocycles. The Balaban J connectivity index is 1.79. The standard InChI is InChI=1S/C24H27ClN4O3/c1-14(16-7-10-21(16)30)27-24-20(9-11-22(31)32-2)28-23(19-5-3-4-12-26-19)17-13-15(25)6-8-18(17)29-24/h3-6,8,12-14,16,20-21,30H,7,9-11H2,1-2H3,(H,27,29)/t14?,16?,20-,21?/m0/s1. The molecule has 2 N–H and O–H groups in total. The fraction of sp³-hybridized carbons (Fsp3) is 0.417. The Hall–Kier alpha value is -2.77. The third-order valence-corrected chi connectivity index (χ3v) is 6.34. The number of anilines is 1. The number of halogens is 1. The van der Waals surface area contributed by atoms with Crippen molar-refractivity contribution < 1.29 is 14.6 Å². The lowest BCUT2D eigenvalue weighted by molar-refractivity contribution is -0.140. The van der Waals surface area contributed by atoms with E-state index in [2.05, 4.69) is 10.3 Å². The van der Waals surface area contributed by atoms with E-state index in [0.717, 1.165) is 24.1 Å². The minimum Gasteiger partial charge on any atom is -0.469 e. The molecule has 1 aromatic carbocycles. The molecule has 2 aliphatic rings. The molecule has 168 valence electrons. The number of rotatable bonds is 6. The number of esters is 1. The van der Waals surface area contributed by atoms with Crippen molar-refractivity contribution in [2.75, 3.05) is 12.4 Å². The van der Waals surface area contributed by atoms with E-state index < -0.39 is 6.04 Å². The summed E-state index contributed by atoms with van der Waals surface area (Å²) >= 11 is 6.32. The lowest BCUT2D eigenvalue weighted by Crippen LogP contribution is -2.39. The number of methoxy groups -OCH3 is 1. The minimum absolute atomic E-state index is 0.0794. The first-order chi connectivity index (χ1) is 15.5. The molecule has 0 amide bonds. The molecular formula is C24H27ClN4O3.